The third-order valence-corrected chi connectivity index (χ3v) is 9.08. The normalized spacial score (nSPS) is 12.9. The summed E-state index contributed by atoms with van der Waals surface area (Å²) in [7, 11) is -1.12. The van der Waals surface area contributed by atoms with Crippen molar-refractivity contribution >= 4 is 7.05 Å². The average Bonchev–Trinajstić information content (AvgIpc) is 3.16. The second-order valence-corrected chi connectivity index (χ2v) is 11.3. The van der Waals surface area contributed by atoms with Gasteiger partial charge in [-0.3, -0.25) is 4.74 Å². The van der Waals surface area contributed by atoms with Crippen molar-refractivity contribution in [3.05, 3.63) is 48.7 Å². The Bertz CT molecular complexity index is 469. The van der Waals surface area contributed by atoms with Crippen LogP contribution in [0.15, 0.2) is 53.5 Å². The Kier molecular flexibility index (Phi) is 23.2. The molecule has 0 N–H and O–H groups in total. The van der Waals surface area contributed by atoms with E-state index in [0.29, 0.717) is 0 Å². The molecule has 0 amide bonds. The number of nitrogens with zero attached hydrogens (tertiary/aromatic N) is 1. The average molecular weight is 439 g/mol. The van der Waals surface area contributed by atoms with Crippen LogP contribution in [0, 0.1) is 0 Å². The van der Waals surface area contributed by atoms with Gasteiger partial charge in [0.25, 0.3) is 0 Å². The third kappa shape index (κ3) is 15.8. The second-order valence-electron chi connectivity index (χ2n) is 7.54. The van der Waals surface area contributed by atoms with Crippen LogP contribution in [-0.2, 0) is 21.7 Å². The topological polar surface area (TPSA) is 12.4 Å². The van der Waals surface area contributed by atoms with Gasteiger partial charge in [-0.2, -0.15) is 0 Å². The standard InChI is InChI=1S/C20H38NP.C5H8.Ti/c1-4-7-12-17-22(18-13-8-5-2,19-14-9-6-3)21-20-15-10-11-16-20;1-3-5-4-2;/h10-11,15H,4-9,12-14,16-19H2,1-3H3;3-5H,1H2,2H3;. The molecule has 0 bridgehead atoms. The van der Waals surface area contributed by atoms with E-state index in [2.05, 4.69) is 45.6 Å². The van der Waals surface area contributed by atoms with E-state index >= 15 is 0 Å². The summed E-state index contributed by atoms with van der Waals surface area (Å²) in [6.07, 6.45) is 29.9. The number of hydrogen-bond donors (Lipinski definition) is 0. The van der Waals surface area contributed by atoms with E-state index in [1.807, 2.05) is 19.1 Å². The van der Waals surface area contributed by atoms with Crippen LogP contribution in [0.5, 0.6) is 0 Å². The summed E-state index contributed by atoms with van der Waals surface area (Å²) in [6, 6.07) is 0. The van der Waals surface area contributed by atoms with Gasteiger partial charge in [0.15, 0.2) is 0 Å². The molecule has 1 aliphatic rings. The Morgan fingerprint density at radius 3 is 1.71 bits per heavy atom. The maximum absolute atomic E-state index is 5.43. The van der Waals surface area contributed by atoms with E-state index in [-0.39, 0.29) is 21.7 Å². The molecule has 0 aromatic rings. The first-order valence-electron chi connectivity index (χ1n) is 11.4. The zero-order chi connectivity index (χ0) is 20.2. The SMILES string of the molecule is C=CC=CC.CCCCCP(CCCCC)(CCCCC)=NC1=CC=CC1.[Ti]. The van der Waals surface area contributed by atoms with Gasteiger partial charge in [-0.25, -0.2) is 0 Å². The molecule has 0 saturated carbocycles. The van der Waals surface area contributed by atoms with Crippen LogP contribution in [0.3, 0.4) is 0 Å². The molecule has 1 nitrogen and oxygen atoms in total. The fourth-order valence-electron chi connectivity index (χ4n) is 3.37. The Balaban J connectivity index is 0. The van der Waals surface area contributed by atoms with Crippen molar-refractivity contribution in [1.29, 1.82) is 0 Å². The van der Waals surface area contributed by atoms with E-state index in [0.717, 1.165) is 6.42 Å². The van der Waals surface area contributed by atoms with Crippen molar-refractivity contribution in [2.45, 2.75) is 91.9 Å². The van der Waals surface area contributed by atoms with Gasteiger partial charge in [-0.15, -0.1) is 0 Å². The number of allylic oxidation sites excluding steroid dienone is 6. The molecule has 0 heterocycles. The second kappa shape index (κ2) is 21.6. The molecule has 160 valence electrons. The predicted octanol–water partition coefficient (Wildman–Crippen LogP) is 9.35. The largest absolute Gasteiger partial charge is 0.272 e. The Morgan fingerprint density at radius 1 is 0.929 bits per heavy atom. The molecule has 0 atom stereocenters. The first-order valence-corrected chi connectivity index (χ1v) is 13.7. The van der Waals surface area contributed by atoms with Gasteiger partial charge in [0.1, 0.15) is 0 Å². The molecule has 0 saturated heterocycles. The van der Waals surface area contributed by atoms with Crippen LogP contribution in [-0.4, -0.2) is 18.5 Å². The van der Waals surface area contributed by atoms with Crippen LogP contribution < -0.4 is 0 Å². The first kappa shape index (κ1) is 30.1. The van der Waals surface area contributed by atoms with E-state index in [1.165, 1.54) is 82.0 Å². The van der Waals surface area contributed by atoms with E-state index in [4.69, 9.17) is 4.74 Å². The number of hydrogen-bond acceptors (Lipinski definition) is 1. The van der Waals surface area contributed by atoms with Gasteiger partial charge in [0.2, 0.25) is 0 Å². The van der Waals surface area contributed by atoms with Crippen molar-refractivity contribution in [2.75, 3.05) is 18.5 Å². The van der Waals surface area contributed by atoms with Crippen molar-refractivity contribution < 1.29 is 21.7 Å². The minimum absolute atomic E-state index is 0. The molecule has 28 heavy (non-hydrogen) atoms. The molecule has 0 aromatic carbocycles. The molecular formula is C25H46NPTi. The Hall–Kier alpha value is -0.0957. The summed E-state index contributed by atoms with van der Waals surface area (Å²) in [5.74, 6) is 0. The van der Waals surface area contributed by atoms with Crippen molar-refractivity contribution in [1.82, 2.24) is 0 Å². The molecule has 1 aliphatic carbocycles. The van der Waals surface area contributed by atoms with Gasteiger partial charge in [-0.1, -0.05) is 96.3 Å². The van der Waals surface area contributed by atoms with E-state index < -0.39 is 7.05 Å². The number of unbranched alkanes of at least 4 members (excludes halogenated alkanes) is 6. The third-order valence-electron chi connectivity index (χ3n) is 4.95. The smallest absolute Gasteiger partial charge is 0.0425 e. The van der Waals surface area contributed by atoms with Crippen LogP contribution in [0.2, 0.25) is 0 Å². The Morgan fingerprint density at radius 2 is 1.43 bits per heavy atom. The van der Waals surface area contributed by atoms with Gasteiger partial charge in [0, 0.05) is 33.8 Å². The summed E-state index contributed by atoms with van der Waals surface area (Å²) in [6.45, 7) is 12.4. The minimum atomic E-state index is -1.12. The summed E-state index contributed by atoms with van der Waals surface area (Å²) in [5, 5.41) is 0. The Labute approximate surface area is 192 Å². The van der Waals surface area contributed by atoms with Crippen molar-refractivity contribution in [3.63, 3.8) is 0 Å². The van der Waals surface area contributed by atoms with Gasteiger partial charge in [-0.05, 0) is 57.8 Å². The maximum atomic E-state index is 5.43. The first-order chi connectivity index (χ1) is 13.2. The summed E-state index contributed by atoms with van der Waals surface area (Å²) >= 11 is 0. The molecule has 0 radical (unpaired) electrons. The maximum Gasteiger partial charge on any atom is 0.0425 e. The zero-order valence-electron chi connectivity index (χ0n) is 19.3. The molecule has 0 spiro atoms. The summed E-state index contributed by atoms with van der Waals surface area (Å²) < 4.78 is 5.43. The minimum Gasteiger partial charge on any atom is -0.272 e. The van der Waals surface area contributed by atoms with Crippen molar-refractivity contribution in [2.24, 2.45) is 4.74 Å². The van der Waals surface area contributed by atoms with Crippen LogP contribution in [0.4, 0.5) is 0 Å². The quantitative estimate of drug-likeness (QED) is 0.111. The molecule has 3 heteroatoms. The number of rotatable bonds is 14. The predicted molar refractivity (Wildman–Crippen MR) is 129 cm³/mol. The molecule has 0 aliphatic heterocycles. The van der Waals surface area contributed by atoms with Gasteiger partial charge in [0.05, 0.1) is 0 Å². The van der Waals surface area contributed by atoms with Gasteiger partial charge >= 0.3 is 0 Å². The summed E-state index contributed by atoms with van der Waals surface area (Å²) in [4.78, 5) is 0. The van der Waals surface area contributed by atoms with Crippen LogP contribution >= 0.6 is 7.05 Å². The molecule has 0 unspecified atom stereocenters. The summed E-state index contributed by atoms with van der Waals surface area (Å²) in [5.41, 5.74) is 1.37. The fraction of sp³-hybridized carbons (Fsp3) is 0.680. The van der Waals surface area contributed by atoms with Crippen LogP contribution in [0.1, 0.15) is 91.9 Å². The molecule has 0 fully saturated rings. The molecular weight excluding hydrogens is 393 g/mol. The van der Waals surface area contributed by atoms with E-state index in [1.54, 1.807) is 6.08 Å². The van der Waals surface area contributed by atoms with Gasteiger partial charge < -0.3 is 0 Å². The van der Waals surface area contributed by atoms with Crippen molar-refractivity contribution in [3.8, 4) is 0 Å². The fourth-order valence-corrected chi connectivity index (χ4v) is 7.47. The molecule has 0 aromatic heterocycles. The molecule has 1 rings (SSSR count). The zero-order valence-corrected chi connectivity index (χ0v) is 21.7. The van der Waals surface area contributed by atoms with Crippen LogP contribution in [0.25, 0.3) is 0 Å². The monoisotopic (exact) mass is 439 g/mol. The van der Waals surface area contributed by atoms with E-state index in [9.17, 15) is 0 Å².